The van der Waals surface area contributed by atoms with Crippen LogP contribution in [0.15, 0.2) is 24.3 Å². The summed E-state index contributed by atoms with van der Waals surface area (Å²) in [6, 6.07) is 0. The van der Waals surface area contributed by atoms with Gasteiger partial charge in [0.25, 0.3) is 0 Å². The number of hydrogen-bond donors (Lipinski definition) is 2. The maximum Gasteiger partial charge on any atom is 0.303 e. The third kappa shape index (κ3) is 4.22. The van der Waals surface area contributed by atoms with Crippen LogP contribution in [-0.2, 0) is 23.8 Å². The summed E-state index contributed by atoms with van der Waals surface area (Å²) in [6.45, 7) is 12.5. The van der Waals surface area contributed by atoms with Crippen molar-refractivity contribution in [2.75, 3.05) is 0 Å². The molecule has 0 aromatic rings. The lowest BCUT2D eigenvalue weighted by atomic mass is 9.76. The highest BCUT2D eigenvalue weighted by molar-refractivity contribution is 5.79. The van der Waals surface area contributed by atoms with Crippen LogP contribution in [-0.4, -0.2) is 58.3 Å². The molecule has 8 atom stereocenters. The summed E-state index contributed by atoms with van der Waals surface area (Å²) in [4.78, 5) is 23.4. The molecule has 7 nitrogen and oxygen atoms in total. The fraction of sp³-hybridized carbons (Fsp3) is 0.714. The minimum Gasteiger partial charge on any atom is -0.457 e. The predicted molar refractivity (Wildman–Crippen MR) is 102 cm³/mol. The Morgan fingerprint density at radius 1 is 1.39 bits per heavy atom. The highest BCUT2D eigenvalue weighted by Gasteiger charge is 2.66. The molecule has 2 fully saturated rings. The molecule has 8 unspecified atom stereocenters. The number of fused-ring (bicyclic) bond motifs is 2. The Kier molecular flexibility index (Phi) is 7.20. The zero-order valence-electron chi connectivity index (χ0n) is 17.3. The van der Waals surface area contributed by atoms with Crippen molar-refractivity contribution in [2.24, 2.45) is 11.8 Å². The number of hydrogen-bond acceptors (Lipinski definition) is 7. The van der Waals surface area contributed by atoms with Gasteiger partial charge in [0, 0.05) is 25.7 Å². The van der Waals surface area contributed by atoms with Gasteiger partial charge in [0.1, 0.15) is 17.5 Å². The lowest BCUT2D eigenvalue weighted by Crippen LogP contribution is -2.56. The quantitative estimate of drug-likeness (QED) is 0.453. The molecule has 0 aromatic carbocycles. The van der Waals surface area contributed by atoms with E-state index in [2.05, 4.69) is 6.58 Å². The highest BCUT2D eigenvalue weighted by Crippen LogP contribution is 2.51. The average molecular weight is 396 g/mol. The molecule has 0 aliphatic carbocycles. The highest BCUT2D eigenvalue weighted by atomic mass is 16.8. The lowest BCUT2D eigenvalue weighted by molar-refractivity contribution is -0.167. The van der Waals surface area contributed by atoms with Crippen LogP contribution in [0.4, 0.5) is 0 Å². The van der Waals surface area contributed by atoms with Gasteiger partial charge < -0.3 is 24.4 Å². The summed E-state index contributed by atoms with van der Waals surface area (Å²) in [5.41, 5.74) is -0.834. The van der Waals surface area contributed by atoms with E-state index >= 15 is 0 Å². The van der Waals surface area contributed by atoms with Crippen LogP contribution in [0.1, 0.15) is 47.5 Å². The molecule has 7 heteroatoms. The number of Topliss-reactive ketones (excluding diaryl/α,β-unsaturated/α-hetero) is 1. The summed E-state index contributed by atoms with van der Waals surface area (Å²) >= 11 is 0. The fourth-order valence-corrected chi connectivity index (χ4v) is 4.18. The summed E-state index contributed by atoms with van der Waals surface area (Å²) in [5.74, 6) is -1.46. The Morgan fingerprint density at radius 2 is 2.04 bits per heavy atom. The second-order valence-corrected chi connectivity index (χ2v) is 7.85. The molecule has 158 valence electrons. The van der Waals surface area contributed by atoms with E-state index in [-0.39, 0.29) is 36.2 Å². The number of aliphatic hydroxyl groups is 2. The Balaban J connectivity index is 2.26. The zero-order chi connectivity index (χ0) is 21.2. The number of rotatable bonds is 9. The van der Waals surface area contributed by atoms with Crippen LogP contribution in [0.3, 0.4) is 0 Å². The van der Waals surface area contributed by atoms with Gasteiger partial charge in [-0.25, -0.2) is 0 Å². The van der Waals surface area contributed by atoms with Crippen LogP contribution in [0.2, 0.25) is 0 Å². The third-order valence-electron chi connectivity index (χ3n) is 5.71. The van der Waals surface area contributed by atoms with E-state index < -0.39 is 42.1 Å². The van der Waals surface area contributed by atoms with Crippen molar-refractivity contribution in [1.29, 1.82) is 0 Å². The van der Waals surface area contributed by atoms with E-state index in [4.69, 9.17) is 14.2 Å². The standard InChI is InChI=1S/C21H32O7/c1-7-9-11(3)19-21(6)18(25)16(20(27-19)28-21)17(26-13(5)22)12(4)15(24)10-14(23)8-2/h7,9,11,15-20,24-25H,4,8,10H2,1-3,5-6H3. The van der Waals surface area contributed by atoms with E-state index in [0.29, 0.717) is 0 Å². The van der Waals surface area contributed by atoms with Gasteiger partial charge in [-0.05, 0) is 19.4 Å². The lowest BCUT2D eigenvalue weighted by Gasteiger charge is -2.40. The first-order valence-corrected chi connectivity index (χ1v) is 9.76. The van der Waals surface area contributed by atoms with Crippen LogP contribution in [0.25, 0.3) is 0 Å². The van der Waals surface area contributed by atoms with Crippen molar-refractivity contribution in [3.8, 4) is 0 Å². The van der Waals surface area contributed by atoms with Crippen LogP contribution >= 0.6 is 0 Å². The Labute approximate surface area is 166 Å². The number of allylic oxidation sites excluding steroid dienone is 1. The molecule has 0 amide bonds. The van der Waals surface area contributed by atoms with Gasteiger partial charge in [-0.3, -0.25) is 9.59 Å². The molecule has 2 bridgehead atoms. The number of aliphatic hydroxyl groups excluding tert-OH is 2. The van der Waals surface area contributed by atoms with Gasteiger partial charge in [0.15, 0.2) is 6.29 Å². The molecule has 0 aromatic heterocycles. The smallest absolute Gasteiger partial charge is 0.303 e. The zero-order valence-corrected chi connectivity index (χ0v) is 17.3. The van der Waals surface area contributed by atoms with Gasteiger partial charge in [0.2, 0.25) is 0 Å². The van der Waals surface area contributed by atoms with E-state index in [0.717, 1.165) is 0 Å². The average Bonchev–Trinajstić information content (AvgIpc) is 3.09. The molecule has 2 aliphatic rings. The second-order valence-electron chi connectivity index (χ2n) is 7.85. The molecule has 28 heavy (non-hydrogen) atoms. The minimum atomic E-state index is -1.19. The van der Waals surface area contributed by atoms with Crippen molar-refractivity contribution in [3.05, 3.63) is 24.3 Å². The maximum atomic E-state index is 11.7. The predicted octanol–water partition coefficient (Wildman–Crippen LogP) is 1.91. The second kappa shape index (κ2) is 8.86. The summed E-state index contributed by atoms with van der Waals surface area (Å²) in [5, 5.41) is 21.5. The van der Waals surface area contributed by atoms with Gasteiger partial charge in [-0.15, -0.1) is 0 Å². The number of ether oxygens (including phenoxy) is 3. The number of esters is 1. The van der Waals surface area contributed by atoms with Crippen molar-refractivity contribution < 1.29 is 34.0 Å². The maximum absolute atomic E-state index is 11.7. The van der Waals surface area contributed by atoms with Gasteiger partial charge in [-0.2, -0.15) is 0 Å². The number of ketones is 1. The minimum absolute atomic E-state index is 0.0127. The van der Waals surface area contributed by atoms with Crippen molar-refractivity contribution in [1.82, 2.24) is 0 Å². The van der Waals surface area contributed by atoms with Crippen LogP contribution in [0, 0.1) is 11.8 Å². The van der Waals surface area contributed by atoms with E-state index in [1.807, 2.05) is 26.0 Å². The van der Waals surface area contributed by atoms with Crippen molar-refractivity contribution >= 4 is 11.8 Å². The molecule has 2 rings (SSSR count). The van der Waals surface area contributed by atoms with Gasteiger partial charge in [0.05, 0.1) is 24.2 Å². The van der Waals surface area contributed by atoms with E-state index in [1.54, 1.807) is 13.8 Å². The molecule has 0 spiro atoms. The molecule has 2 N–H and O–H groups in total. The number of carbonyl (C=O) groups excluding carboxylic acids is 2. The Hall–Kier alpha value is -1.54. The van der Waals surface area contributed by atoms with Crippen molar-refractivity contribution in [3.63, 3.8) is 0 Å². The number of carbonyl (C=O) groups is 2. The largest absolute Gasteiger partial charge is 0.457 e. The summed E-state index contributed by atoms with van der Waals surface area (Å²) < 4.78 is 17.4. The molecular weight excluding hydrogens is 364 g/mol. The molecule has 2 saturated heterocycles. The van der Waals surface area contributed by atoms with Crippen molar-refractivity contribution in [2.45, 2.75) is 83.8 Å². The van der Waals surface area contributed by atoms with Gasteiger partial charge >= 0.3 is 5.97 Å². The Morgan fingerprint density at radius 3 is 2.54 bits per heavy atom. The summed E-state index contributed by atoms with van der Waals surface area (Å²) in [6.07, 6.45) is -0.343. The molecule has 2 aliphatic heterocycles. The van der Waals surface area contributed by atoms with Gasteiger partial charge in [-0.1, -0.05) is 32.6 Å². The topological polar surface area (TPSA) is 102 Å². The Bertz CT molecular complexity index is 643. The normalized spacial score (nSPS) is 35.0. The first-order valence-electron chi connectivity index (χ1n) is 9.76. The van der Waals surface area contributed by atoms with Crippen LogP contribution in [0.5, 0.6) is 0 Å². The summed E-state index contributed by atoms with van der Waals surface area (Å²) in [7, 11) is 0. The molecule has 0 saturated carbocycles. The molecular formula is C21H32O7. The first kappa shape index (κ1) is 22.7. The van der Waals surface area contributed by atoms with E-state index in [1.165, 1.54) is 6.92 Å². The molecule has 0 radical (unpaired) electrons. The van der Waals surface area contributed by atoms with E-state index in [9.17, 15) is 19.8 Å². The fourth-order valence-electron chi connectivity index (χ4n) is 4.18. The first-order chi connectivity index (χ1) is 13.1. The molecule has 2 heterocycles. The monoisotopic (exact) mass is 396 g/mol. The third-order valence-corrected chi connectivity index (χ3v) is 5.71. The van der Waals surface area contributed by atoms with Crippen LogP contribution < -0.4 is 0 Å². The SMILES string of the molecule is C=C(C(O)CC(=O)CC)C(OC(C)=O)C1C2OC(C(C)C=CC)C(C)(O2)C1O.